The van der Waals surface area contributed by atoms with Gasteiger partial charge in [-0.05, 0) is 34.1 Å². The molecule has 0 spiro atoms. The first kappa shape index (κ1) is 17.9. The highest BCUT2D eigenvalue weighted by atomic mass is 16.5. The average Bonchev–Trinajstić information content (AvgIpc) is 2.89. The lowest BCUT2D eigenvalue weighted by molar-refractivity contribution is -0.121. The number of hydrogen-bond acceptors (Lipinski definition) is 6. The van der Waals surface area contributed by atoms with Crippen molar-refractivity contribution in [2.45, 2.75) is 65.2 Å². The van der Waals surface area contributed by atoms with Crippen molar-refractivity contribution in [2.24, 2.45) is 0 Å². The minimum Gasteiger partial charge on any atom is -0.373 e. The molecule has 2 rings (SSSR count). The fraction of sp³-hybridized carbons (Fsp3) is 0.812. The summed E-state index contributed by atoms with van der Waals surface area (Å²) in [6.45, 7) is 10.6. The van der Waals surface area contributed by atoms with Crippen molar-refractivity contribution in [3.8, 4) is 0 Å². The van der Waals surface area contributed by atoms with Crippen molar-refractivity contribution in [2.75, 3.05) is 19.6 Å². The van der Waals surface area contributed by atoms with Gasteiger partial charge in [-0.15, -0.1) is 0 Å². The molecule has 1 aromatic heterocycles. The summed E-state index contributed by atoms with van der Waals surface area (Å²) in [6.07, 6.45) is 2.32. The van der Waals surface area contributed by atoms with Crippen LogP contribution in [0.2, 0.25) is 0 Å². The van der Waals surface area contributed by atoms with Gasteiger partial charge in [-0.3, -0.25) is 9.69 Å². The van der Waals surface area contributed by atoms with Gasteiger partial charge in [-0.25, -0.2) is 0 Å². The fourth-order valence-electron chi connectivity index (χ4n) is 2.90. The Balaban J connectivity index is 1.63. The van der Waals surface area contributed by atoms with Gasteiger partial charge in [0.05, 0.1) is 12.2 Å². The van der Waals surface area contributed by atoms with Crippen molar-refractivity contribution in [1.29, 1.82) is 0 Å². The van der Waals surface area contributed by atoms with E-state index in [1.165, 1.54) is 0 Å². The number of aromatic nitrogens is 2. The number of rotatable bonds is 7. The maximum atomic E-state index is 11.9. The Labute approximate surface area is 137 Å². The highest BCUT2D eigenvalue weighted by Crippen LogP contribution is 2.13. The van der Waals surface area contributed by atoms with Crippen molar-refractivity contribution < 1.29 is 14.1 Å². The molecule has 0 aromatic carbocycles. The fourth-order valence-corrected chi connectivity index (χ4v) is 2.90. The summed E-state index contributed by atoms with van der Waals surface area (Å²) in [5, 5.41) is 6.75. The van der Waals surface area contributed by atoms with Crippen LogP contribution in [0, 0.1) is 6.92 Å². The third-order valence-corrected chi connectivity index (χ3v) is 4.03. The van der Waals surface area contributed by atoms with Crippen LogP contribution in [0.1, 0.15) is 45.3 Å². The molecule has 1 saturated heterocycles. The molecule has 23 heavy (non-hydrogen) atoms. The first-order valence-electron chi connectivity index (χ1n) is 8.39. The number of ether oxygens (including phenoxy) is 1. The van der Waals surface area contributed by atoms with Crippen LogP contribution >= 0.6 is 0 Å². The molecular weight excluding hydrogens is 296 g/mol. The van der Waals surface area contributed by atoms with Gasteiger partial charge in [-0.2, -0.15) is 4.98 Å². The van der Waals surface area contributed by atoms with Gasteiger partial charge in [-0.1, -0.05) is 5.16 Å². The highest BCUT2D eigenvalue weighted by molar-refractivity contribution is 5.75. The van der Waals surface area contributed by atoms with Gasteiger partial charge < -0.3 is 14.6 Å². The first-order valence-corrected chi connectivity index (χ1v) is 8.39. The summed E-state index contributed by atoms with van der Waals surface area (Å²) in [5.74, 6) is 1.30. The van der Waals surface area contributed by atoms with Gasteiger partial charge in [0.25, 0.3) is 0 Å². The van der Waals surface area contributed by atoms with Crippen molar-refractivity contribution in [1.82, 2.24) is 20.4 Å². The first-order chi connectivity index (χ1) is 10.9. The molecule has 0 saturated carbocycles. The molecule has 1 N–H and O–H groups in total. The number of amides is 1. The molecule has 130 valence electrons. The van der Waals surface area contributed by atoms with Crippen LogP contribution < -0.4 is 5.32 Å². The molecule has 0 unspecified atom stereocenters. The van der Waals surface area contributed by atoms with Gasteiger partial charge >= 0.3 is 0 Å². The number of hydrogen-bond donors (Lipinski definition) is 1. The zero-order chi connectivity index (χ0) is 16.8. The molecule has 1 aliphatic heterocycles. The summed E-state index contributed by atoms with van der Waals surface area (Å²) in [6, 6.07) is 0.311. The molecule has 0 bridgehead atoms. The van der Waals surface area contributed by atoms with Crippen molar-refractivity contribution in [3.05, 3.63) is 11.7 Å². The minimum atomic E-state index is 0.0717. The van der Waals surface area contributed by atoms with Gasteiger partial charge in [0.1, 0.15) is 0 Å². The average molecular weight is 324 g/mol. The molecule has 1 aliphatic rings. The SMILES string of the molecule is Cc1noc(CCCC(=O)NC[C@H](C)N2C[C@H](C)O[C@@H](C)C2)n1. The van der Waals surface area contributed by atoms with Crippen LogP contribution in [0.4, 0.5) is 0 Å². The largest absolute Gasteiger partial charge is 0.373 e. The van der Waals surface area contributed by atoms with E-state index < -0.39 is 0 Å². The zero-order valence-corrected chi connectivity index (χ0v) is 14.5. The van der Waals surface area contributed by atoms with Crippen molar-refractivity contribution >= 4 is 5.91 Å². The maximum absolute atomic E-state index is 11.9. The summed E-state index contributed by atoms with van der Waals surface area (Å²) in [5.41, 5.74) is 0. The second-order valence-corrected chi connectivity index (χ2v) is 6.45. The Kier molecular flexibility index (Phi) is 6.53. The molecule has 2 heterocycles. The molecule has 0 aliphatic carbocycles. The number of morpholine rings is 1. The Morgan fingerprint density at radius 3 is 2.70 bits per heavy atom. The van der Waals surface area contributed by atoms with Gasteiger partial charge in [0, 0.05) is 38.5 Å². The molecule has 7 heteroatoms. The van der Waals surface area contributed by atoms with Gasteiger partial charge in [0.15, 0.2) is 5.82 Å². The predicted molar refractivity (Wildman–Crippen MR) is 86.0 cm³/mol. The van der Waals surface area contributed by atoms with Crippen LogP contribution in [0.15, 0.2) is 4.52 Å². The number of aryl methyl sites for hydroxylation is 2. The summed E-state index contributed by atoms with van der Waals surface area (Å²) in [7, 11) is 0. The van der Waals surface area contributed by atoms with E-state index in [0.29, 0.717) is 43.6 Å². The van der Waals surface area contributed by atoms with Crippen LogP contribution in [0.5, 0.6) is 0 Å². The summed E-state index contributed by atoms with van der Waals surface area (Å²) in [4.78, 5) is 18.4. The van der Waals surface area contributed by atoms with Crippen molar-refractivity contribution in [3.63, 3.8) is 0 Å². The third-order valence-electron chi connectivity index (χ3n) is 4.03. The Morgan fingerprint density at radius 2 is 2.09 bits per heavy atom. The quantitative estimate of drug-likeness (QED) is 0.814. The Bertz CT molecular complexity index is 495. The lowest BCUT2D eigenvalue weighted by Crippen LogP contribution is -2.52. The van der Waals surface area contributed by atoms with E-state index in [1.54, 1.807) is 6.92 Å². The maximum Gasteiger partial charge on any atom is 0.226 e. The second kappa shape index (κ2) is 8.40. The van der Waals surface area contributed by atoms with E-state index in [4.69, 9.17) is 9.26 Å². The van der Waals surface area contributed by atoms with E-state index in [-0.39, 0.29) is 18.1 Å². The Hall–Kier alpha value is -1.47. The van der Waals surface area contributed by atoms with Gasteiger partial charge in [0.2, 0.25) is 11.8 Å². The molecule has 1 amide bonds. The number of nitrogens with one attached hydrogen (secondary N) is 1. The van der Waals surface area contributed by atoms with E-state index in [2.05, 4.69) is 41.1 Å². The lowest BCUT2D eigenvalue weighted by atomic mass is 10.1. The minimum absolute atomic E-state index is 0.0717. The van der Waals surface area contributed by atoms with E-state index in [1.807, 2.05) is 0 Å². The predicted octanol–water partition coefficient (Wildman–Crippen LogP) is 1.31. The molecule has 3 atom stereocenters. The highest BCUT2D eigenvalue weighted by Gasteiger charge is 2.25. The lowest BCUT2D eigenvalue weighted by Gasteiger charge is -2.39. The van der Waals surface area contributed by atoms with Crippen LogP contribution in [-0.2, 0) is 16.0 Å². The van der Waals surface area contributed by atoms with Crippen LogP contribution in [0.3, 0.4) is 0 Å². The number of nitrogens with zero attached hydrogens (tertiary/aromatic N) is 3. The zero-order valence-electron chi connectivity index (χ0n) is 14.5. The second-order valence-electron chi connectivity index (χ2n) is 6.45. The van der Waals surface area contributed by atoms with E-state index in [0.717, 1.165) is 13.1 Å². The summed E-state index contributed by atoms with van der Waals surface area (Å²) < 4.78 is 10.8. The molecule has 1 aromatic rings. The van der Waals surface area contributed by atoms with Crippen LogP contribution in [0.25, 0.3) is 0 Å². The normalized spacial score (nSPS) is 23.7. The van der Waals surface area contributed by atoms with Crippen LogP contribution in [-0.4, -0.2) is 58.8 Å². The molecular formula is C16H28N4O3. The molecule has 1 fully saturated rings. The molecule has 7 nitrogen and oxygen atoms in total. The topological polar surface area (TPSA) is 80.5 Å². The third kappa shape index (κ3) is 5.91. The Morgan fingerprint density at radius 1 is 1.39 bits per heavy atom. The number of carbonyl (C=O) groups is 1. The summed E-state index contributed by atoms with van der Waals surface area (Å²) >= 11 is 0. The smallest absolute Gasteiger partial charge is 0.226 e. The number of carbonyl (C=O) groups excluding carboxylic acids is 1. The van der Waals surface area contributed by atoms with E-state index in [9.17, 15) is 4.79 Å². The monoisotopic (exact) mass is 324 g/mol. The standard InChI is InChI=1S/C16H28N4O3/c1-11(20-9-12(2)22-13(3)10-20)8-17-15(21)6-5-7-16-18-14(4)19-23-16/h11-13H,5-10H2,1-4H3,(H,17,21)/t11-,12-,13-/m0/s1. The van der Waals surface area contributed by atoms with E-state index >= 15 is 0 Å². The molecule has 0 radical (unpaired) electrons.